The molecule has 0 fully saturated rings. The van der Waals surface area contributed by atoms with E-state index in [2.05, 4.69) is 47.0 Å². The average molecular weight is 319 g/mol. The Morgan fingerprint density at radius 3 is 2.32 bits per heavy atom. The third kappa shape index (κ3) is 5.78. The van der Waals surface area contributed by atoms with Crippen LogP contribution in [-0.2, 0) is 6.42 Å². The van der Waals surface area contributed by atoms with E-state index in [-0.39, 0.29) is 12.6 Å². The van der Waals surface area contributed by atoms with Gasteiger partial charge in [-0.05, 0) is 29.7 Å². The van der Waals surface area contributed by atoms with Gasteiger partial charge in [0.15, 0.2) is 0 Å². The fourth-order valence-corrected chi connectivity index (χ4v) is 2.51. The van der Waals surface area contributed by atoms with E-state index in [4.69, 9.17) is 16.7 Å². The summed E-state index contributed by atoms with van der Waals surface area (Å²) in [6, 6.07) is 18.7. The van der Waals surface area contributed by atoms with Crippen LogP contribution in [0.4, 0.5) is 0 Å². The van der Waals surface area contributed by atoms with Gasteiger partial charge in [0.25, 0.3) is 0 Å². The van der Waals surface area contributed by atoms with Gasteiger partial charge in [-0.1, -0.05) is 54.1 Å². The van der Waals surface area contributed by atoms with Crippen LogP contribution in [-0.4, -0.2) is 31.3 Å². The summed E-state index contributed by atoms with van der Waals surface area (Å²) in [7, 11) is 0. The number of benzene rings is 2. The molecule has 0 aliphatic carbocycles. The molecule has 2 rings (SSSR count). The fourth-order valence-electron chi connectivity index (χ4n) is 2.39. The molecule has 2 aromatic carbocycles. The summed E-state index contributed by atoms with van der Waals surface area (Å²) in [6.45, 7) is 2.50. The third-order valence-electron chi connectivity index (χ3n) is 3.54. The number of hydrogen-bond donors (Lipinski definition) is 3. The van der Waals surface area contributed by atoms with Gasteiger partial charge in [-0.3, -0.25) is 0 Å². The Hall–Kier alpha value is -1.39. The molecule has 0 bridgehead atoms. The highest BCUT2D eigenvalue weighted by Gasteiger charge is 2.11. The Balaban J connectivity index is 1.97. The maximum atomic E-state index is 8.78. The zero-order valence-electron chi connectivity index (χ0n) is 12.6. The lowest BCUT2D eigenvalue weighted by molar-refractivity contribution is 0.292. The molecular formula is C18H23ClN2O. The third-order valence-corrected chi connectivity index (χ3v) is 3.79. The molecule has 0 heterocycles. The number of hydrogen-bond acceptors (Lipinski definition) is 3. The van der Waals surface area contributed by atoms with E-state index in [1.54, 1.807) is 0 Å². The van der Waals surface area contributed by atoms with Crippen molar-refractivity contribution >= 4 is 11.6 Å². The highest BCUT2D eigenvalue weighted by molar-refractivity contribution is 6.30. The van der Waals surface area contributed by atoms with Gasteiger partial charge in [-0.25, -0.2) is 0 Å². The van der Waals surface area contributed by atoms with Gasteiger partial charge < -0.3 is 15.7 Å². The minimum Gasteiger partial charge on any atom is -0.395 e. The molecule has 2 aromatic rings. The predicted molar refractivity (Wildman–Crippen MR) is 92.3 cm³/mol. The molecule has 1 atom stereocenters. The van der Waals surface area contributed by atoms with Crippen molar-refractivity contribution in [3.8, 4) is 0 Å². The Kier molecular flexibility index (Phi) is 7.40. The summed E-state index contributed by atoms with van der Waals surface area (Å²) in [5, 5.41) is 16.3. The molecule has 0 aliphatic heterocycles. The Bertz CT molecular complexity index is 531. The number of rotatable bonds is 9. The zero-order chi connectivity index (χ0) is 15.6. The summed E-state index contributed by atoms with van der Waals surface area (Å²) in [4.78, 5) is 0. The fraction of sp³-hybridized carbons (Fsp3) is 0.333. The second kappa shape index (κ2) is 9.59. The van der Waals surface area contributed by atoms with E-state index < -0.39 is 0 Å². The van der Waals surface area contributed by atoms with Crippen LogP contribution in [0.25, 0.3) is 0 Å². The van der Waals surface area contributed by atoms with Gasteiger partial charge in [0.2, 0.25) is 0 Å². The van der Waals surface area contributed by atoms with E-state index in [1.165, 1.54) is 11.1 Å². The van der Waals surface area contributed by atoms with Crippen LogP contribution in [0.5, 0.6) is 0 Å². The average Bonchev–Trinajstić information content (AvgIpc) is 2.56. The highest BCUT2D eigenvalue weighted by atomic mass is 35.5. The molecule has 3 N–H and O–H groups in total. The Morgan fingerprint density at radius 1 is 0.909 bits per heavy atom. The van der Waals surface area contributed by atoms with Crippen LogP contribution in [0.1, 0.15) is 17.2 Å². The number of aliphatic hydroxyl groups is 1. The molecule has 4 heteroatoms. The van der Waals surface area contributed by atoms with Gasteiger partial charge in [0.05, 0.1) is 6.61 Å². The topological polar surface area (TPSA) is 44.3 Å². The largest absolute Gasteiger partial charge is 0.395 e. The van der Waals surface area contributed by atoms with Gasteiger partial charge >= 0.3 is 0 Å². The first kappa shape index (κ1) is 17.0. The lowest BCUT2D eigenvalue weighted by Gasteiger charge is -2.20. The lowest BCUT2D eigenvalue weighted by atomic mass is 9.99. The van der Waals surface area contributed by atoms with Crippen molar-refractivity contribution in [2.24, 2.45) is 0 Å². The number of aliphatic hydroxyl groups excluding tert-OH is 1. The zero-order valence-corrected chi connectivity index (χ0v) is 13.4. The summed E-state index contributed by atoms with van der Waals surface area (Å²) >= 11 is 5.95. The summed E-state index contributed by atoms with van der Waals surface area (Å²) in [6.07, 6.45) is 0.918. The molecular weight excluding hydrogens is 296 g/mol. The standard InChI is InChI=1S/C18H23ClN2O/c19-17-8-6-15(7-9-17)14-18(16-4-2-1-3-5-16)21-11-10-20-12-13-22/h1-9,18,20-22H,10-14H2/t18-/m1/s1. The van der Waals surface area contributed by atoms with E-state index in [1.807, 2.05) is 18.2 Å². The minimum atomic E-state index is 0.174. The van der Waals surface area contributed by atoms with Crippen molar-refractivity contribution in [3.05, 3.63) is 70.7 Å². The molecule has 0 aliphatic rings. The molecule has 0 spiro atoms. The quantitative estimate of drug-likeness (QED) is 0.623. The lowest BCUT2D eigenvalue weighted by Crippen LogP contribution is -2.32. The van der Waals surface area contributed by atoms with Crippen molar-refractivity contribution < 1.29 is 5.11 Å². The van der Waals surface area contributed by atoms with Crippen LogP contribution in [0, 0.1) is 0 Å². The maximum Gasteiger partial charge on any atom is 0.0555 e. The van der Waals surface area contributed by atoms with Crippen molar-refractivity contribution in [1.29, 1.82) is 0 Å². The normalized spacial score (nSPS) is 12.3. The molecule has 0 aromatic heterocycles. The van der Waals surface area contributed by atoms with E-state index in [0.717, 1.165) is 24.5 Å². The molecule has 3 nitrogen and oxygen atoms in total. The number of halogens is 1. The summed E-state index contributed by atoms with van der Waals surface area (Å²) < 4.78 is 0. The van der Waals surface area contributed by atoms with Crippen LogP contribution < -0.4 is 10.6 Å². The first-order chi connectivity index (χ1) is 10.8. The SMILES string of the molecule is OCCNCCN[C@H](Cc1ccc(Cl)cc1)c1ccccc1. The Morgan fingerprint density at radius 2 is 1.64 bits per heavy atom. The monoisotopic (exact) mass is 318 g/mol. The van der Waals surface area contributed by atoms with Crippen molar-refractivity contribution in [2.75, 3.05) is 26.2 Å². The smallest absolute Gasteiger partial charge is 0.0555 e. The summed E-state index contributed by atoms with van der Waals surface area (Å²) in [5.74, 6) is 0. The molecule has 118 valence electrons. The predicted octanol–water partition coefficient (Wildman–Crippen LogP) is 2.80. The van der Waals surface area contributed by atoms with Crippen molar-refractivity contribution in [3.63, 3.8) is 0 Å². The maximum absolute atomic E-state index is 8.78. The minimum absolute atomic E-state index is 0.174. The van der Waals surface area contributed by atoms with Gasteiger partial charge in [0, 0.05) is 30.7 Å². The van der Waals surface area contributed by atoms with Gasteiger partial charge in [0.1, 0.15) is 0 Å². The molecule has 22 heavy (non-hydrogen) atoms. The first-order valence-electron chi connectivity index (χ1n) is 7.64. The van der Waals surface area contributed by atoms with Crippen molar-refractivity contribution in [1.82, 2.24) is 10.6 Å². The second-order valence-corrected chi connectivity index (χ2v) is 5.66. The molecule has 0 amide bonds. The van der Waals surface area contributed by atoms with E-state index in [9.17, 15) is 0 Å². The first-order valence-corrected chi connectivity index (χ1v) is 8.02. The van der Waals surface area contributed by atoms with Crippen LogP contribution in [0.15, 0.2) is 54.6 Å². The van der Waals surface area contributed by atoms with Gasteiger partial charge in [-0.15, -0.1) is 0 Å². The summed E-state index contributed by atoms with van der Waals surface area (Å²) in [5.41, 5.74) is 2.54. The Labute approximate surface area is 137 Å². The molecule has 0 saturated carbocycles. The molecule has 0 radical (unpaired) electrons. The van der Waals surface area contributed by atoms with Crippen molar-refractivity contribution in [2.45, 2.75) is 12.5 Å². The van der Waals surface area contributed by atoms with Gasteiger partial charge in [-0.2, -0.15) is 0 Å². The highest BCUT2D eigenvalue weighted by Crippen LogP contribution is 2.19. The van der Waals surface area contributed by atoms with Crippen LogP contribution in [0.2, 0.25) is 5.02 Å². The van der Waals surface area contributed by atoms with Crippen LogP contribution >= 0.6 is 11.6 Å². The molecule has 0 unspecified atom stereocenters. The second-order valence-electron chi connectivity index (χ2n) is 5.22. The number of nitrogens with one attached hydrogen (secondary N) is 2. The van der Waals surface area contributed by atoms with E-state index in [0.29, 0.717) is 6.54 Å². The molecule has 0 saturated heterocycles. The van der Waals surface area contributed by atoms with Crippen LogP contribution in [0.3, 0.4) is 0 Å². The van der Waals surface area contributed by atoms with E-state index >= 15 is 0 Å².